The zero-order valence-electron chi connectivity index (χ0n) is 21.3. The van der Waals surface area contributed by atoms with Crippen LogP contribution in [-0.2, 0) is 4.74 Å². The Morgan fingerprint density at radius 2 is 1.66 bits per heavy atom. The maximum absolute atomic E-state index is 12.8. The van der Waals surface area contributed by atoms with Crippen LogP contribution in [0.1, 0.15) is 68.1 Å². The highest BCUT2D eigenvalue weighted by molar-refractivity contribution is 5.94. The van der Waals surface area contributed by atoms with E-state index in [-0.39, 0.29) is 12.0 Å². The van der Waals surface area contributed by atoms with E-state index < -0.39 is 0 Å². The van der Waals surface area contributed by atoms with Gasteiger partial charge in [-0.3, -0.25) is 9.69 Å². The molecule has 1 saturated carbocycles. The van der Waals surface area contributed by atoms with Gasteiger partial charge in [-0.15, -0.1) is 0 Å². The third-order valence-corrected chi connectivity index (χ3v) is 8.84. The molecular formula is C28H44N4O3. The number of ether oxygens (including phenoxy) is 1. The van der Waals surface area contributed by atoms with E-state index in [2.05, 4.69) is 27.2 Å². The summed E-state index contributed by atoms with van der Waals surface area (Å²) in [6, 6.07) is 8.68. The highest BCUT2D eigenvalue weighted by Crippen LogP contribution is 2.34. The molecule has 3 heterocycles. The van der Waals surface area contributed by atoms with Crippen LogP contribution < -0.4 is 10.2 Å². The number of anilines is 1. The van der Waals surface area contributed by atoms with Gasteiger partial charge in [0.15, 0.2) is 0 Å². The van der Waals surface area contributed by atoms with E-state index in [4.69, 9.17) is 4.74 Å². The second-order valence-electron chi connectivity index (χ2n) is 11.1. The number of amides is 1. The molecule has 5 rings (SSSR count). The fraction of sp³-hybridized carbons (Fsp3) is 0.750. The lowest BCUT2D eigenvalue weighted by Gasteiger charge is -2.49. The van der Waals surface area contributed by atoms with Crippen LogP contribution in [0.4, 0.5) is 5.69 Å². The Kier molecular flexibility index (Phi) is 8.28. The Bertz CT molecular complexity index is 812. The summed E-state index contributed by atoms with van der Waals surface area (Å²) in [6.45, 7) is 8.32. The molecule has 3 saturated heterocycles. The number of nitrogens with one attached hydrogen (secondary N) is 1. The number of piperidine rings is 2. The standard InChI is InChI=1S/C28H44N4O3/c33-26-5-4-14-31(21-26)27(34)23-6-8-25(9-7-23)30-15-10-24(11-16-30)29-22-28(12-2-1-3-13-28)32-17-19-35-20-18-32/h6-9,24,26,29,33H,1-5,10-22H2/t26-/m1/s1. The van der Waals surface area contributed by atoms with Gasteiger partial charge in [0.25, 0.3) is 5.91 Å². The molecule has 194 valence electrons. The number of likely N-dealkylation sites (tertiary alicyclic amines) is 1. The van der Waals surface area contributed by atoms with Crippen molar-refractivity contribution in [3.63, 3.8) is 0 Å². The van der Waals surface area contributed by atoms with Gasteiger partial charge in [0, 0.05) is 68.6 Å². The molecule has 0 bridgehead atoms. The number of β-amino-alcohol motifs (C(OH)–C–C–N with tert-alkyl or cyclic N) is 1. The third-order valence-electron chi connectivity index (χ3n) is 8.84. The van der Waals surface area contributed by atoms with Gasteiger partial charge in [-0.25, -0.2) is 0 Å². The van der Waals surface area contributed by atoms with Gasteiger partial charge >= 0.3 is 0 Å². The first-order chi connectivity index (χ1) is 17.1. The minimum atomic E-state index is -0.385. The summed E-state index contributed by atoms with van der Waals surface area (Å²) >= 11 is 0. The first kappa shape index (κ1) is 25.0. The predicted octanol–water partition coefficient (Wildman–Crippen LogP) is 2.88. The second kappa shape index (κ2) is 11.6. The Balaban J connectivity index is 1.11. The van der Waals surface area contributed by atoms with Crippen LogP contribution in [0.15, 0.2) is 24.3 Å². The Morgan fingerprint density at radius 3 is 2.34 bits per heavy atom. The van der Waals surface area contributed by atoms with E-state index in [9.17, 15) is 9.90 Å². The maximum Gasteiger partial charge on any atom is 0.253 e. The molecule has 7 nitrogen and oxygen atoms in total. The number of morpholine rings is 1. The molecule has 3 aliphatic heterocycles. The molecule has 2 N–H and O–H groups in total. The summed E-state index contributed by atoms with van der Waals surface area (Å²) in [6.07, 6.45) is 10.3. The van der Waals surface area contributed by atoms with Gasteiger partial charge in [0.2, 0.25) is 0 Å². The van der Waals surface area contributed by atoms with Crippen molar-refractivity contribution in [2.45, 2.75) is 75.5 Å². The summed E-state index contributed by atoms with van der Waals surface area (Å²) in [7, 11) is 0. The highest BCUT2D eigenvalue weighted by Gasteiger charge is 2.39. The molecule has 35 heavy (non-hydrogen) atoms. The highest BCUT2D eigenvalue weighted by atomic mass is 16.5. The number of aliphatic hydroxyl groups is 1. The molecule has 1 aliphatic carbocycles. The SMILES string of the molecule is O=C(c1ccc(N2CCC(NCC3(N4CCOCC4)CCCCC3)CC2)cc1)N1CCC[C@@H](O)C1. The van der Waals surface area contributed by atoms with E-state index in [0.717, 1.165) is 83.7 Å². The minimum absolute atomic E-state index is 0.0371. The molecule has 4 fully saturated rings. The molecule has 0 unspecified atom stereocenters. The molecule has 1 atom stereocenters. The Hall–Kier alpha value is -1.67. The van der Waals surface area contributed by atoms with Crippen LogP contribution in [0.3, 0.4) is 0 Å². The third kappa shape index (κ3) is 6.01. The van der Waals surface area contributed by atoms with Gasteiger partial charge in [-0.1, -0.05) is 19.3 Å². The summed E-state index contributed by atoms with van der Waals surface area (Å²) in [5, 5.41) is 13.9. The van der Waals surface area contributed by atoms with Gasteiger partial charge in [-0.2, -0.15) is 0 Å². The molecule has 1 aromatic carbocycles. The lowest BCUT2D eigenvalue weighted by Crippen LogP contribution is -2.60. The van der Waals surface area contributed by atoms with Crippen LogP contribution in [0.5, 0.6) is 0 Å². The van der Waals surface area contributed by atoms with E-state index in [1.54, 1.807) is 4.90 Å². The van der Waals surface area contributed by atoms with Crippen LogP contribution in [-0.4, -0.2) is 97.5 Å². The van der Waals surface area contributed by atoms with Crippen molar-refractivity contribution in [2.24, 2.45) is 0 Å². The van der Waals surface area contributed by atoms with Crippen molar-refractivity contribution in [2.75, 3.05) is 63.9 Å². The van der Waals surface area contributed by atoms with Crippen molar-refractivity contribution in [1.82, 2.24) is 15.1 Å². The largest absolute Gasteiger partial charge is 0.391 e. The zero-order chi connectivity index (χ0) is 24.1. The molecule has 1 aromatic rings. The van der Waals surface area contributed by atoms with Crippen molar-refractivity contribution in [1.29, 1.82) is 0 Å². The fourth-order valence-electron chi connectivity index (χ4n) is 6.67. The number of carbonyl (C=O) groups excluding carboxylic acids is 1. The normalized spacial score (nSPS) is 26.6. The van der Waals surface area contributed by atoms with Crippen molar-refractivity contribution in [3.05, 3.63) is 29.8 Å². The van der Waals surface area contributed by atoms with E-state index in [1.165, 1.54) is 37.8 Å². The second-order valence-corrected chi connectivity index (χ2v) is 11.1. The average molecular weight is 485 g/mol. The first-order valence-electron chi connectivity index (χ1n) is 14.0. The molecule has 0 aromatic heterocycles. The lowest BCUT2D eigenvalue weighted by atomic mass is 9.79. The molecule has 0 radical (unpaired) electrons. The number of rotatable bonds is 6. The molecule has 1 amide bonds. The van der Waals surface area contributed by atoms with Crippen LogP contribution in [0, 0.1) is 0 Å². The average Bonchev–Trinajstić information content (AvgIpc) is 2.93. The van der Waals surface area contributed by atoms with Gasteiger partial charge in [0.1, 0.15) is 0 Å². The summed E-state index contributed by atoms with van der Waals surface area (Å²) in [5.74, 6) is 0.0371. The number of nitrogens with zero attached hydrogens (tertiary/aromatic N) is 3. The van der Waals surface area contributed by atoms with Gasteiger partial charge in [0.05, 0.1) is 19.3 Å². The van der Waals surface area contributed by atoms with Crippen molar-refractivity contribution >= 4 is 11.6 Å². The number of hydrogen-bond acceptors (Lipinski definition) is 6. The molecule has 0 spiro atoms. The van der Waals surface area contributed by atoms with E-state index in [0.29, 0.717) is 18.1 Å². The summed E-state index contributed by atoms with van der Waals surface area (Å²) < 4.78 is 5.64. The smallest absolute Gasteiger partial charge is 0.253 e. The van der Waals surface area contributed by atoms with Gasteiger partial charge < -0.3 is 25.0 Å². The number of hydrogen-bond donors (Lipinski definition) is 2. The topological polar surface area (TPSA) is 68.3 Å². The van der Waals surface area contributed by atoms with Gasteiger partial charge in [-0.05, 0) is 62.8 Å². The monoisotopic (exact) mass is 484 g/mol. The number of benzene rings is 1. The Morgan fingerprint density at radius 1 is 0.943 bits per heavy atom. The van der Waals surface area contributed by atoms with Crippen LogP contribution in [0.25, 0.3) is 0 Å². The quantitative estimate of drug-likeness (QED) is 0.647. The fourth-order valence-corrected chi connectivity index (χ4v) is 6.67. The van der Waals surface area contributed by atoms with Crippen molar-refractivity contribution in [3.8, 4) is 0 Å². The Labute approximate surface area is 210 Å². The molecule has 7 heteroatoms. The van der Waals surface area contributed by atoms with Crippen LogP contribution >= 0.6 is 0 Å². The summed E-state index contributed by atoms with van der Waals surface area (Å²) in [5.41, 5.74) is 2.25. The number of aliphatic hydroxyl groups excluding tert-OH is 1. The van der Waals surface area contributed by atoms with E-state index in [1.807, 2.05) is 12.1 Å². The van der Waals surface area contributed by atoms with E-state index >= 15 is 0 Å². The predicted molar refractivity (Wildman–Crippen MR) is 139 cm³/mol. The number of carbonyl (C=O) groups is 1. The zero-order valence-corrected chi connectivity index (χ0v) is 21.3. The van der Waals surface area contributed by atoms with Crippen molar-refractivity contribution < 1.29 is 14.6 Å². The molecular weight excluding hydrogens is 440 g/mol. The maximum atomic E-state index is 12.8. The van der Waals surface area contributed by atoms with Crippen LogP contribution in [0.2, 0.25) is 0 Å². The minimum Gasteiger partial charge on any atom is -0.391 e. The summed E-state index contributed by atoms with van der Waals surface area (Å²) in [4.78, 5) is 19.8. The molecule has 4 aliphatic rings. The first-order valence-corrected chi connectivity index (χ1v) is 14.0. The lowest BCUT2D eigenvalue weighted by molar-refractivity contribution is -0.0379.